The van der Waals surface area contributed by atoms with E-state index >= 15 is 0 Å². The Morgan fingerprint density at radius 1 is 1.35 bits per heavy atom. The monoisotopic (exact) mass is 296 g/mol. The second kappa shape index (κ2) is 8.13. The highest BCUT2D eigenvalue weighted by molar-refractivity contribution is 7.12. The third-order valence-corrected chi connectivity index (χ3v) is 5.69. The molecule has 1 aliphatic rings. The molecule has 0 aromatic carbocycles. The number of nitrogens with one attached hydrogen (secondary N) is 1. The summed E-state index contributed by atoms with van der Waals surface area (Å²) >= 11 is 1.87. The van der Waals surface area contributed by atoms with Crippen LogP contribution < -0.4 is 11.3 Å². The average Bonchev–Trinajstić information content (AvgIpc) is 2.79. The number of hydrogen-bond donors (Lipinski definition) is 2. The number of thiophene rings is 1. The first kappa shape index (κ1) is 16.0. The van der Waals surface area contributed by atoms with Gasteiger partial charge in [0.1, 0.15) is 0 Å². The van der Waals surface area contributed by atoms with Gasteiger partial charge in [-0.25, -0.2) is 0 Å². The fourth-order valence-electron chi connectivity index (χ4n) is 2.90. The maximum absolute atomic E-state index is 5.73. The van der Waals surface area contributed by atoms with Crippen molar-refractivity contribution in [1.29, 1.82) is 0 Å². The van der Waals surface area contributed by atoms with E-state index in [2.05, 4.69) is 25.3 Å². The Morgan fingerprint density at radius 2 is 2.10 bits per heavy atom. The molecule has 1 saturated heterocycles. The lowest BCUT2D eigenvalue weighted by atomic mass is 9.93. The molecule has 1 aromatic heterocycles. The second-order valence-corrected chi connectivity index (χ2v) is 7.24. The van der Waals surface area contributed by atoms with Crippen LogP contribution in [0.2, 0.25) is 0 Å². The highest BCUT2D eigenvalue weighted by Crippen LogP contribution is 2.30. The molecule has 0 spiro atoms. The Hall–Kier alpha value is -0.420. The summed E-state index contributed by atoms with van der Waals surface area (Å²) in [4.78, 5) is 2.79. The Labute approximate surface area is 126 Å². The van der Waals surface area contributed by atoms with Crippen LogP contribution in [0.25, 0.3) is 0 Å². The van der Waals surface area contributed by atoms with Crippen molar-refractivity contribution in [1.82, 2.24) is 5.43 Å². The van der Waals surface area contributed by atoms with Gasteiger partial charge in [0.25, 0.3) is 0 Å². The van der Waals surface area contributed by atoms with Gasteiger partial charge in [-0.15, -0.1) is 11.3 Å². The summed E-state index contributed by atoms with van der Waals surface area (Å²) in [6.07, 6.45) is 7.56. The van der Waals surface area contributed by atoms with Crippen molar-refractivity contribution in [3.63, 3.8) is 0 Å². The van der Waals surface area contributed by atoms with Gasteiger partial charge in [0, 0.05) is 23.0 Å². The number of ether oxygens (including phenoxy) is 1. The molecule has 1 unspecified atom stereocenters. The van der Waals surface area contributed by atoms with Crippen LogP contribution in [0.3, 0.4) is 0 Å². The molecular weight excluding hydrogens is 268 g/mol. The molecule has 1 aliphatic heterocycles. The van der Waals surface area contributed by atoms with E-state index in [0.717, 1.165) is 25.6 Å². The Bertz CT molecular complexity index is 380. The molecule has 3 N–H and O–H groups in total. The van der Waals surface area contributed by atoms with Gasteiger partial charge in [-0.1, -0.05) is 19.3 Å². The zero-order valence-corrected chi connectivity index (χ0v) is 13.6. The van der Waals surface area contributed by atoms with Crippen LogP contribution in [-0.4, -0.2) is 13.2 Å². The molecule has 0 saturated carbocycles. The van der Waals surface area contributed by atoms with E-state index in [-0.39, 0.29) is 0 Å². The fourth-order valence-corrected chi connectivity index (χ4v) is 4.04. The van der Waals surface area contributed by atoms with Gasteiger partial charge in [0.2, 0.25) is 0 Å². The standard InChI is InChI=1S/C16H28N2OS/c1-12-11-16(20-13(12)2)15(18-17)6-4-3-5-14-7-9-19-10-8-14/h11,14-15,18H,3-10,17H2,1-2H3. The molecule has 3 nitrogen and oxygen atoms in total. The third-order valence-electron chi connectivity index (χ3n) is 4.43. The molecule has 2 heterocycles. The van der Waals surface area contributed by atoms with Crippen molar-refractivity contribution in [2.75, 3.05) is 13.2 Å². The quantitative estimate of drug-likeness (QED) is 0.456. The molecule has 4 heteroatoms. The molecule has 0 bridgehead atoms. The summed E-state index contributed by atoms with van der Waals surface area (Å²) in [5, 5.41) is 0. The minimum Gasteiger partial charge on any atom is -0.381 e. The van der Waals surface area contributed by atoms with Crippen LogP contribution in [-0.2, 0) is 4.74 Å². The molecule has 2 rings (SSSR count). The van der Waals surface area contributed by atoms with Crippen molar-refractivity contribution in [3.8, 4) is 0 Å². The maximum atomic E-state index is 5.73. The van der Waals surface area contributed by atoms with Crippen molar-refractivity contribution >= 4 is 11.3 Å². The van der Waals surface area contributed by atoms with E-state index in [1.807, 2.05) is 11.3 Å². The lowest BCUT2D eigenvalue weighted by Crippen LogP contribution is -2.27. The molecule has 114 valence electrons. The normalized spacial score (nSPS) is 18.4. The number of nitrogens with two attached hydrogens (primary N) is 1. The largest absolute Gasteiger partial charge is 0.381 e. The zero-order valence-electron chi connectivity index (χ0n) is 12.8. The number of aryl methyl sites for hydroxylation is 2. The Morgan fingerprint density at radius 3 is 2.70 bits per heavy atom. The van der Waals surface area contributed by atoms with E-state index in [9.17, 15) is 0 Å². The number of unbranched alkanes of at least 4 members (excludes halogenated alkanes) is 1. The molecule has 0 aliphatic carbocycles. The topological polar surface area (TPSA) is 47.3 Å². The smallest absolute Gasteiger partial charge is 0.0553 e. The molecule has 1 atom stereocenters. The number of rotatable bonds is 7. The van der Waals surface area contributed by atoms with Gasteiger partial charge >= 0.3 is 0 Å². The predicted molar refractivity (Wildman–Crippen MR) is 85.9 cm³/mol. The number of hydrogen-bond acceptors (Lipinski definition) is 4. The summed E-state index contributed by atoms with van der Waals surface area (Å²) in [5.74, 6) is 6.62. The zero-order chi connectivity index (χ0) is 14.4. The lowest BCUT2D eigenvalue weighted by molar-refractivity contribution is 0.0630. The summed E-state index contributed by atoms with van der Waals surface area (Å²) in [6, 6.07) is 2.60. The average molecular weight is 296 g/mol. The van der Waals surface area contributed by atoms with Crippen molar-refractivity contribution in [2.45, 2.75) is 58.4 Å². The van der Waals surface area contributed by atoms with Crippen molar-refractivity contribution in [3.05, 3.63) is 21.4 Å². The predicted octanol–water partition coefficient (Wildman–Crippen LogP) is 3.86. The van der Waals surface area contributed by atoms with E-state index in [0.29, 0.717) is 6.04 Å². The summed E-state index contributed by atoms with van der Waals surface area (Å²) in [5.41, 5.74) is 4.37. The van der Waals surface area contributed by atoms with Gasteiger partial charge in [0.15, 0.2) is 0 Å². The summed E-state index contributed by atoms with van der Waals surface area (Å²) in [7, 11) is 0. The first-order valence-corrected chi connectivity index (χ1v) is 8.63. The molecular formula is C16H28N2OS. The van der Waals surface area contributed by atoms with Crippen LogP contribution >= 0.6 is 11.3 Å². The van der Waals surface area contributed by atoms with Gasteiger partial charge in [-0.05, 0) is 50.7 Å². The van der Waals surface area contributed by atoms with E-state index < -0.39 is 0 Å². The summed E-state index contributed by atoms with van der Waals surface area (Å²) < 4.78 is 5.41. The van der Waals surface area contributed by atoms with Gasteiger partial charge in [-0.2, -0.15) is 0 Å². The molecule has 0 amide bonds. The molecule has 1 aromatic rings. The van der Waals surface area contributed by atoms with Gasteiger partial charge in [0.05, 0.1) is 6.04 Å². The van der Waals surface area contributed by atoms with Gasteiger partial charge < -0.3 is 4.74 Å². The highest BCUT2D eigenvalue weighted by atomic mass is 32.1. The highest BCUT2D eigenvalue weighted by Gasteiger charge is 2.15. The van der Waals surface area contributed by atoms with Crippen molar-refractivity contribution in [2.24, 2.45) is 11.8 Å². The minimum absolute atomic E-state index is 0.321. The molecule has 0 radical (unpaired) electrons. The van der Waals surface area contributed by atoms with Crippen LogP contribution in [0.1, 0.15) is 59.9 Å². The summed E-state index contributed by atoms with van der Waals surface area (Å²) in [6.45, 7) is 6.28. The van der Waals surface area contributed by atoms with Crippen LogP contribution in [0.15, 0.2) is 6.07 Å². The van der Waals surface area contributed by atoms with E-state index in [1.165, 1.54) is 47.4 Å². The SMILES string of the molecule is Cc1cc(C(CCCCC2CCOCC2)NN)sc1C. The van der Waals surface area contributed by atoms with Crippen LogP contribution in [0.4, 0.5) is 0 Å². The number of hydrazine groups is 1. The molecule has 20 heavy (non-hydrogen) atoms. The first-order chi connectivity index (χ1) is 9.70. The van der Waals surface area contributed by atoms with Crippen LogP contribution in [0, 0.1) is 19.8 Å². The Balaban J connectivity index is 1.70. The Kier molecular flexibility index (Phi) is 6.49. The maximum Gasteiger partial charge on any atom is 0.0553 e. The fraction of sp³-hybridized carbons (Fsp3) is 0.750. The third kappa shape index (κ3) is 4.55. The van der Waals surface area contributed by atoms with Gasteiger partial charge in [-0.3, -0.25) is 11.3 Å². The minimum atomic E-state index is 0.321. The molecule has 1 fully saturated rings. The van der Waals surface area contributed by atoms with E-state index in [1.54, 1.807) is 0 Å². The lowest BCUT2D eigenvalue weighted by Gasteiger charge is -2.22. The van der Waals surface area contributed by atoms with Crippen LogP contribution in [0.5, 0.6) is 0 Å². The first-order valence-electron chi connectivity index (χ1n) is 7.81. The second-order valence-electron chi connectivity index (χ2n) is 5.95. The van der Waals surface area contributed by atoms with Crippen molar-refractivity contribution < 1.29 is 4.74 Å². The van der Waals surface area contributed by atoms with E-state index in [4.69, 9.17) is 10.6 Å².